The molecule has 1 unspecified atom stereocenters. The van der Waals surface area contributed by atoms with Gasteiger partial charge in [0.25, 0.3) is 0 Å². The Hall–Kier alpha value is -0.980. The summed E-state index contributed by atoms with van der Waals surface area (Å²) in [6.45, 7) is 3.34. The van der Waals surface area contributed by atoms with Crippen LogP contribution in [0.5, 0.6) is 0 Å². The smallest absolute Gasteiger partial charge is 0.211 e. The molecule has 1 atom stereocenters. The molecule has 2 rings (SSSR count). The van der Waals surface area contributed by atoms with E-state index in [1.165, 1.54) is 11.8 Å². The van der Waals surface area contributed by atoms with Crippen molar-refractivity contribution in [1.82, 2.24) is 14.6 Å². The molecule has 106 valence electrons. The Morgan fingerprint density at radius 3 is 2.42 bits per heavy atom. The number of rotatable bonds is 4. The van der Waals surface area contributed by atoms with Crippen LogP contribution in [0.2, 0.25) is 0 Å². The summed E-state index contributed by atoms with van der Waals surface area (Å²) in [5, 5.41) is 3.56. The summed E-state index contributed by atoms with van der Waals surface area (Å²) >= 11 is 0. The zero-order valence-electron chi connectivity index (χ0n) is 11.4. The summed E-state index contributed by atoms with van der Waals surface area (Å²) in [6.07, 6.45) is 6.59. The Labute approximate surface area is 115 Å². The van der Waals surface area contributed by atoms with E-state index < -0.39 is 10.0 Å². The molecule has 0 spiro atoms. The Morgan fingerprint density at radius 2 is 1.89 bits per heavy atom. The quantitative estimate of drug-likeness (QED) is 0.900. The number of nitrogens with one attached hydrogen (secondary N) is 1. The SMILES string of the molecule is CC(NC1CCN(S(C)(=O)=O)CC1)c1ccncc1. The Bertz CT molecular complexity index is 496. The highest BCUT2D eigenvalue weighted by Gasteiger charge is 2.25. The number of hydrogen-bond donors (Lipinski definition) is 1. The van der Waals surface area contributed by atoms with Crippen LogP contribution in [0.4, 0.5) is 0 Å². The van der Waals surface area contributed by atoms with Crippen LogP contribution in [0.15, 0.2) is 24.5 Å². The van der Waals surface area contributed by atoms with E-state index in [0.29, 0.717) is 19.1 Å². The normalized spacial score (nSPS) is 20.3. The minimum atomic E-state index is -3.03. The van der Waals surface area contributed by atoms with E-state index in [4.69, 9.17) is 0 Å². The minimum Gasteiger partial charge on any atom is -0.307 e. The molecule has 1 aromatic heterocycles. The van der Waals surface area contributed by atoms with Crippen molar-refractivity contribution in [1.29, 1.82) is 0 Å². The molecule has 6 heteroatoms. The van der Waals surface area contributed by atoms with Crippen molar-refractivity contribution >= 4 is 10.0 Å². The van der Waals surface area contributed by atoms with Crippen LogP contribution >= 0.6 is 0 Å². The van der Waals surface area contributed by atoms with E-state index >= 15 is 0 Å². The first-order valence-electron chi connectivity index (χ1n) is 6.58. The fourth-order valence-corrected chi connectivity index (χ4v) is 3.33. The molecule has 5 nitrogen and oxygen atoms in total. The van der Waals surface area contributed by atoms with E-state index in [9.17, 15) is 8.42 Å². The molecule has 1 saturated heterocycles. The lowest BCUT2D eigenvalue weighted by molar-refractivity contribution is 0.278. The summed E-state index contributed by atoms with van der Waals surface area (Å²) in [5.41, 5.74) is 1.21. The van der Waals surface area contributed by atoms with Crippen LogP contribution in [-0.2, 0) is 10.0 Å². The zero-order valence-corrected chi connectivity index (χ0v) is 12.2. The highest BCUT2D eigenvalue weighted by molar-refractivity contribution is 7.88. The summed E-state index contributed by atoms with van der Waals surface area (Å²) in [6, 6.07) is 4.64. The maximum atomic E-state index is 11.4. The van der Waals surface area contributed by atoms with Crippen molar-refractivity contribution < 1.29 is 8.42 Å². The molecule has 1 aliphatic rings. The Kier molecular flexibility index (Phi) is 4.54. The molecule has 0 aliphatic carbocycles. The molecule has 0 radical (unpaired) electrons. The first-order valence-corrected chi connectivity index (χ1v) is 8.43. The van der Waals surface area contributed by atoms with Crippen molar-refractivity contribution in [2.75, 3.05) is 19.3 Å². The minimum absolute atomic E-state index is 0.262. The first-order chi connectivity index (χ1) is 8.97. The third-order valence-corrected chi connectivity index (χ3v) is 4.92. The molecule has 0 bridgehead atoms. The van der Waals surface area contributed by atoms with E-state index in [0.717, 1.165) is 12.8 Å². The van der Waals surface area contributed by atoms with Gasteiger partial charge in [-0.25, -0.2) is 12.7 Å². The van der Waals surface area contributed by atoms with Crippen LogP contribution < -0.4 is 5.32 Å². The number of aromatic nitrogens is 1. The average Bonchev–Trinajstić information content (AvgIpc) is 2.39. The van der Waals surface area contributed by atoms with Gasteiger partial charge in [0, 0.05) is 37.6 Å². The predicted molar refractivity (Wildman–Crippen MR) is 75.2 cm³/mol. The van der Waals surface area contributed by atoms with Gasteiger partial charge < -0.3 is 5.32 Å². The van der Waals surface area contributed by atoms with E-state index in [1.54, 1.807) is 16.7 Å². The lowest BCUT2D eigenvalue weighted by atomic mass is 10.0. The molecule has 1 aliphatic heterocycles. The van der Waals surface area contributed by atoms with Crippen molar-refractivity contribution in [3.8, 4) is 0 Å². The van der Waals surface area contributed by atoms with Gasteiger partial charge in [0.1, 0.15) is 0 Å². The van der Waals surface area contributed by atoms with Gasteiger partial charge in [-0.15, -0.1) is 0 Å². The van der Waals surface area contributed by atoms with Crippen molar-refractivity contribution in [3.63, 3.8) is 0 Å². The van der Waals surface area contributed by atoms with Crippen LogP contribution in [0.1, 0.15) is 31.4 Å². The number of nitrogens with zero attached hydrogens (tertiary/aromatic N) is 2. The van der Waals surface area contributed by atoms with Gasteiger partial charge in [0.05, 0.1) is 6.26 Å². The van der Waals surface area contributed by atoms with Gasteiger partial charge in [0.2, 0.25) is 10.0 Å². The second-order valence-electron chi connectivity index (χ2n) is 5.11. The highest BCUT2D eigenvalue weighted by atomic mass is 32.2. The molecular formula is C13H21N3O2S. The van der Waals surface area contributed by atoms with Crippen LogP contribution in [-0.4, -0.2) is 43.1 Å². The second-order valence-corrected chi connectivity index (χ2v) is 7.09. The van der Waals surface area contributed by atoms with Gasteiger partial charge in [-0.3, -0.25) is 4.98 Å². The summed E-state index contributed by atoms with van der Waals surface area (Å²) in [7, 11) is -3.03. The topological polar surface area (TPSA) is 62.3 Å². The molecule has 19 heavy (non-hydrogen) atoms. The maximum absolute atomic E-state index is 11.4. The molecule has 0 amide bonds. The Morgan fingerprint density at radius 1 is 1.32 bits per heavy atom. The molecule has 1 N–H and O–H groups in total. The highest BCUT2D eigenvalue weighted by Crippen LogP contribution is 2.18. The third kappa shape index (κ3) is 3.99. The number of piperidine rings is 1. The van der Waals surface area contributed by atoms with Crippen molar-refractivity contribution in [2.24, 2.45) is 0 Å². The lowest BCUT2D eigenvalue weighted by Gasteiger charge is -2.32. The van der Waals surface area contributed by atoms with E-state index in [2.05, 4.69) is 17.2 Å². The maximum Gasteiger partial charge on any atom is 0.211 e. The predicted octanol–water partition coefficient (Wildman–Crippen LogP) is 1.16. The average molecular weight is 283 g/mol. The summed E-state index contributed by atoms with van der Waals surface area (Å²) in [4.78, 5) is 4.01. The van der Waals surface area contributed by atoms with Gasteiger partial charge in [0.15, 0.2) is 0 Å². The van der Waals surface area contributed by atoms with Crippen LogP contribution in [0.3, 0.4) is 0 Å². The monoisotopic (exact) mass is 283 g/mol. The van der Waals surface area contributed by atoms with Crippen LogP contribution in [0, 0.1) is 0 Å². The molecule has 0 aromatic carbocycles. The summed E-state index contributed by atoms with van der Waals surface area (Å²) < 4.78 is 24.4. The van der Waals surface area contributed by atoms with Crippen molar-refractivity contribution in [3.05, 3.63) is 30.1 Å². The molecular weight excluding hydrogens is 262 g/mol. The fraction of sp³-hybridized carbons (Fsp3) is 0.615. The summed E-state index contributed by atoms with van der Waals surface area (Å²) in [5.74, 6) is 0. The third-order valence-electron chi connectivity index (χ3n) is 3.61. The second kappa shape index (κ2) is 5.98. The fourth-order valence-electron chi connectivity index (χ4n) is 2.46. The molecule has 0 saturated carbocycles. The standard InChI is InChI=1S/C13H21N3O2S/c1-11(12-3-7-14-8-4-12)15-13-5-9-16(10-6-13)19(2,17)18/h3-4,7-8,11,13,15H,5-6,9-10H2,1-2H3. The number of sulfonamides is 1. The van der Waals surface area contributed by atoms with E-state index in [-0.39, 0.29) is 6.04 Å². The van der Waals surface area contributed by atoms with Gasteiger partial charge in [-0.1, -0.05) is 0 Å². The van der Waals surface area contributed by atoms with Crippen LogP contribution in [0.25, 0.3) is 0 Å². The number of pyridine rings is 1. The lowest BCUT2D eigenvalue weighted by Crippen LogP contribution is -2.45. The molecule has 1 aromatic rings. The first kappa shape index (κ1) is 14.4. The molecule has 2 heterocycles. The largest absolute Gasteiger partial charge is 0.307 e. The molecule has 1 fully saturated rings. The Balaban J connectivity index is 1.86. The van der Waals surface area contributed by atoms with Gasteiger partial charge in [-0.05, 0) is 37.5 Å². The van der Waals surface area contributed by atoms with E-state index in [1.807, 2.05) is 12.1 Å². The number of hydrogen-bond acceptors (Lipinski definition) is 4. The zero-order chi connectivity index (χ0) is 13.9. The van der Waals surface area contributed by atoms with Gasteiger partial charge >= 0.3 is 0 Å². The van der Waals surface area contributed by atoms with Crippen molar-refractivity contribution in [2.45, 2.75) is 31.8 Å². The van der Waals surface area contributed by atoms with Gasteiger partial charge in [-0.2, -0.15) is 0 Å².